The van der Waals surface area contributed by atoms with Crippen molar-refractivity contribution in [3.63, 3.8) is 0 Å². The molecule has 0 spiro atoms. The Labute approximate surface area is 148 Å². The fourth-order valence-electron chi connectivity index (χ4n) is 3.43. The molecule has 3 rings (SSSR count). The summed E-state index contributed by atoms with van der Waals surface area (Å²) in [6.07, 6.45) is 7.63. The van der Waals surface area contributed by atoms with Crippen LogP contribution in [0.2, 0.25) is 25.2 Å². The molecular weight excluding hydrogens is 470 g/mol. The van der Waals surface area contributed by atoms with Crippen molar-refractivity contribution in [2.45, 2.75) is 51.9 Å². The number of rotatable bonds is 0. The van der Waals surface area contributed by atoms with Crippen molar-refractivity contribution in [1.29, 1.82) is 0 Å². The molecule has 0 saturated heterocycles. The first-order valence-electron chi connectivity index (χ1n) is 7.02. The fraction of sp³-hybridized carbons (Fsp3) is 0.500. The van der Waals surface area contributed by atoms with Gasteiger partial charge in [0.05, 0.1) is 0 Å². The summed E-state index contributed by atoms with van der Waals surface area (Å²) in [6, 6.07) is 2.89. The van der Waals surface area contributed by atoms with Crippen LogP contribution in [0.3, 0.4) is 0 Å². The summed E-state index contributed by atoms with van der Waals surface area (Å²) in [5.41, 5.74) is 6.91. The van der Waals surface area contributed by atoms with Crippen LogP contribution in [0.1, 0.15) is 26.7 Å². The van der Waals surface area contributed by atoms with E-state index in [9.17, 15) is 0 Å². The molecular formula is C16H22Cl2HfSi. The average Bonchev–Trinajstić information content (AvgIpc) is 2.76. The first-order valence-corrected chi connectivity index (χ1v) is 14.0. The quantitative estimate of drug-likeness (QED) is 0.382. The molecule has 0 nitrogen and oxygen atoms in total. The van der Waals surface area contributed by atoms with Crippen molar-refractivity contribution in [2.75, 3.05) is 0 Å². The number of hydrogen-bond donors (Lipinski definition) is 0. The van der Waals surface area contributed by atoms with Gasteiger partial charge in [0.2, 0.25) is 0 Å². The van der Waals surface area contributed by atoms with E-state index >= 15 is 0 Å². The van der Waals surface area contributed by atoms with E-state index < -0.39 is 31.0 Å². The SMILES string of the molecule is CC1=CC[C]2=C1C[Si](C)(C)CC1=[C](CC=C1C)[Hf+2]2.[Cl-].[Cl-]. The van der Waals surface area contributed by atoms with E-state index in [1.54, 1.807) is 11.1 Å². The Morgan fingerprint density at radius 2 is 1.25 bits per heavy atom. The van der Waals surface area contributed by atoms with E-state index in [4.69, 9.17) is 0 Å². The molecule has 1 aliphatic heterocycles. The van der Waals surface area contributed by atoms with Gasteiger partial charge in [0, 0.05) is 0 Å². The largest absolute Gasteiger partial charge is 1.00 e. The van der Waals surface area contributed by atoms with Crippen LogP contribution in [-0.2, 0) is 22.9 Å². The molecule has 3 aliphatic rings. The van der Waals surface area contributed by atoms with E-state index in [0.717, 1.165) is 0 Å². The molecule has 20 heavy (non-hydrogen) atoms. The summed E-state index contributed by atoms with van der Waals surface area (Å²) < 4.78 is 3.87. The Morgan fingerprint density at radius 1 is 0.850 bits per heavy atom. The first kappa shape index (κ1) is 18.7. The van der Waals surface area contributed by atoms with Crippen LogP contribution >= 0.6 is 0 Å². The van der Waals surface area contributed by atoms with Crippen LogP contribution in [0.25, 0.3) is 0 Å². The molecule has 0 bridgehead atoms. The van der Waals surface area contributed by atoms with Gasteiger partial charge in [0.15, 0.2) is 0 Å². The molecule has 0 atom stereocenters. The summed E-state index contributed by atoms with van der Waals surface area (Å²) in [7, 11) is -1.09. The second-order valence-corrected chi connectivity index (χ2v) is 17.0. The minimum Gasteiger partial charge on any atom is -1.00 e. The van der Waals surface area contributed by atoms with Crippen LogP contribution in [0, 0.1) is 0 Å². The molecule has 0 aromatic rings. The average molecular weight is 492 g/mol. The van der Waals surface area contributed by atoms with Crippen molar-refractivity contribution in [1.82, 2.24) is 0 Å². The third-order valence-electron chi connectivity index (χ3n) is 4.52. The van der Waals surface area contributed by atoms with Gasteiger partial charge in [0.1, 0.15) is 0 Å². The third-order valence-corrected chi connectivity index (χ3v) is 12.9. The molecule has 0 aromatic heterocycles. The molecule has 4 heteroatoms. The summed E-state index contributed by atoms with van der Waals surface area (Å²) in [5.74, 6) is 0. The minimum absolute atomic E-state index is 0. The maximum atomic E-state index is 2.60. The van der Waals surface area contributed by atoms with Crippen molar-refractivity contribution in [3.8, 4) is 0 Å². The van der Waals surface area contributed by atoms with Gasteiger partial charge in [-0.25, -0.2) is 0 Å². The molecule has 0 saturated carbocycles. The molecule has 1 heterocycles. The van der Waals surface area contributed by atoms with Gasteiger partial charge in [-0.1, -0.05) is 0 Å². The molecule has 0 amide bonds. The third kappa shape index (κ3) is 3.51. The summed E-state index contributed by atoms with van der Waals surface area (Å²) in [5, 5.41) is 0. The first-order chi connectivity index (χ1) is 8.46. The Balaban J connectivity index is 0.000001000. The van der Waals surface area contributed by atoms with Gasteiger partial charge in [-0.2, -0.15) is 0 Å². The van der Waals surface area contributed by atoms with Gasteiger partial charge in [-0.15, -0.1) is 0 Å². The Morgan fingerprint density at radius 3 is 1.65 bits per heavy atom. The molecule has 108 valence electrons. The topological polar surface area (TPSA) is 0 Å². The van der Waals surface area contributed by atoms with Crippen LogP contribution in [-0.4, -0.2) is 8.07 Å². The molecule has 0 unspecified atom stereocenters. The predicted molar refractivity (Wildman–Crippen MR) is 77.9 cm³/mol. The molecule has 0 fully saturated rings. The van der Waals surface area contributed by atoms with Gasteiger partial charge in [-0.3, -0.25) is 0 Å². The van der Waals surface area contributed by atoms with E-state index in [1.165, 1.54) is 24.9 Å². The number of allylic oxidation sites excluding steroid dienone is 8. The molecule has 0 radical (unpaired) electrons. The molecule has 0 N–H and O–H groups in total. The zero-order chi connectivity index (χ0) is 12.9. The zero-order valence-electron chi connectivity index (χ0n) is 12.7. The van der Waals surface area contributed by atoms with Crippen LogP contribution in [0.4, 0.5) is 0 Å². The summed E-state index contributed by atoms with van der Waals surface area (Å²) >= 11 is -0.680. The molecule has 0 aromatic carbocycles. The van der Waals surface area contributed by atoms with E-state index in [1.807, 2.05) is 17.8 Å². The summed E-state index contributed by atoms with van der Waals surface area (Å²) in [6.45, 7) is 9.90. The van der Waals surface area contributed by atoms with Crippen LogP contribution in [0.15, 0.2) is 41.1 Å². The Kier molecular flexibility index (Phi) is 6.36. The van der Waals surface area contributed by atoms with E-state index in [-0.39, 0.29) is 24.8 Å². The second kappa shape index (κ2) is 6.81. The minimum atomic E-state index is -1.09. The predicted octanol–water partition coefficient (Wildman–Crippen LogP) is -0.993. The Bertz CT molecular complexity index is 493. The zero-order valence-corrected chi connectivity index (χ0v) is 18.8. The standard InChI is InChI=1S/C16H22Si.2ClH.Hf/c1-13-7-5-9-15(13)11-17(3,4)12-16-10-6-8-14(16)2;;;/h7-8H,5-6,11-12H2,1-4H3;2*1H;/q;;;+2/p-2. The van der Waals surface area contributed by atoms with Gasteiger partial charge < -0.3 is 24.8 Å². The maximum Gasteiger partial charge on any atom is -1.00 e. The van der Waals surface area contributed by atoms with Gasteiger partial charge in [0.25, 0.3) is 0 Å². The van der Waals surface area contributed by atoms with Gasteiger partial charge >= 0.3 is 124 Å². The fourth-order valence-corrected chi connectivity index (χ4v) is 13.6. The second-order valence-electron chi connectivity index (χ2n) is 6.74. The van der Waals surface area contributed by atoms with Gasteiger partial charge in [-0.05, 0) is 0 Å². The van der Waals surface area contributed by atoms with Crippen LogP contribution < -0.4 is 24.8 Å². The monoisotopic (exact) mass is 492 g/mol. The Hall–Kier alpha value is 0.627. The smallest absolute Gasteiger partial charge is 1.00 e. The summed E-state index contributed by atoms with van der Waals surface area (Å²) in [4.78, 5) is 0. The van der Waals surface area contributed by atoms with Crippen LogP contribution in [0.5, 0.6) is 0 Å². The van der Waals surface area contributed by atoms with Crippen molar-refractivity contribution in [3.05, 3.63) is 41.1 Å². The van der Waals surface area contributed by atoms with E-state index in [0.29, 0.717) is 0 Å². The molecule has 2 aliphatic carbocycles. The van der Waals surface area contributed by atoms with E-state index in [2.05, 4.69) is 39.1 Å². The maximum absolute atomic E-state index is 2.60. The van der Waals surface area contributed by atoms with Crippen molar-refractivity contribution in [2.24, 2.45) is 0 Å². The number of halogens is 2. The normalized spacial score (nSPS) is 23.0. The van der Waals surface area contributed by atoms with Crippen molar-refractivity contribution < 1.29 is 47.7 Å². The van der Waals surface area contributed by atoms with Crippen molar-refractivity contribution >= 4 is 8.07 Å². The number of hydrogen-bond acceptors (Lipinski definition) is 0.